The first-order valence-electron chi connectivity index (χ1n) is 14.5. The lowest BCUT2D eigenvalue weighted by molar-refractivity contribution is -0.137. The highest BCUT2D eigenvalue weighted by Gasteiger charge is 2.35. The number of nitrogens with zero attached hydrogens (tertiary/aromatic N) is 2. The number of fused-ring (bicyclic) bond motifs is 6. The summed E-state index contributed by atoms with van der Waals surface area (Å²) < 4.78 is 5.21. The van der Waals surface area contributed by atoms with Crippen molar-refractivity contribution in [2.75, 3.05) is 7.11 Å². The maximum absolute atomic E-state index is 13.0. The fourth-order valence-electron chi connectivity index (χ4n) is 6.87. The molecule has 5 rings (SSSR count). The van der Waals surface area contributed by atoms with Gasteiger partial charge in [0.05, 0.1) is 18.7 Å². The zero-order valence-electron chi connectivity index (χ0n) is 24.9. The molecule has 8 nitrogen and oxygen atoms in total. The van der Waals surface area contributed by atoms with Gasteiger partial charge in [0, 0.05) is 77.4 Å². The molecule has 0 saturated carbocycles. The maximum Gasteiger partial charge on any atom is 0.339 e. The Balaban J connectivity index is 1.71. The second-order valence-corrected chi connectivity index (χ2v) is 11.5. The van der Waals surface area contributed by atoms with Crippen LogP contribution in [0.15, 0.2) is 33.4 Å². The number of allylic oxidation sites excluding steroid dienone is 2. The minimum Gasteiger partial charge on any atom is -0.481 e. The molecule has 1 unspecified atom stereocenters. The molecule has 2 aromatic heterocycles. The van der Waals surface area contributed by atoms with Gasteiger partial charge in [-0.2, -0.15) is 0 Å². The number of rotatable bonds is 6. The Bertz CT molecular complexity index is 1560. The summed E-state index contributed by atoms with van der Waals surface area (Å²) >= 11 is 0. The normalized spacial score (nSPS) is 21.9. The molecule has 216 valence electrons. The predicted octanol–water partition coefficient (Wildman–Crippen LogP) is 6.19. The van der Waals surface area contributed by atoms with Gasteiger partial charge in [-0.15, -0.1) is 0 Å². The van der Waals surface area contributed by atoms with E-state index < -0.39 is 5.97 Å². The molecule has 5 heterocycles. The van der Waals surface area contributed by atoms with Crippen molar-refractivity contribution in [2.45, 2.75) is 79.2 Å². The van der Waals surface area contributed by atoms with Crippen LogP contribution >= 0.6 is 0 Å². The number of aromatic nitrogens is 2. The Morgan fingerprint density at radius 3 is 2.56 bits per heavy atom. The highest BCUT2D eigenvalue weighted by Crippen LogP contribution is 2.38. The fourth-order valence-corrected chi connectivity index (χ4v) is 6.87. The first-order valence-corrected chi connectivity index (χ1v) is 14.5. The van der Waals surface area contributed by atoms with Crippen molar-refractivity contribution >= 4 is 35.5 Å². The summed E-state index contributed by atoms with van der Waals surface area (Å²) in [7, 11) is 1.40. The van der Waals surface area contributed by atoms with Gasteiger partial charge in [-0.1, -0.05) is 26.5 Å². The molecule has 0 aromatic carbocycles. The van der Waals surface area contributed by atoms with Crippen LogP contribution in [0.4, 0.5) is 0 Å². The molecule has 3 atom stereocenters. The third kappa shape index (κ3) is 5.04. The summed E-state index contributed by atoms with van der Waals surface area (Å²) in [6.07, 6.45) is 7.16. The highest BCUT2D eigenvalue weighted by molar-refractivity contribution is 6.05. The van der Waals surface area contributed by atoms with Crippen molar-refractivity contribution in [3.63, 3.8) is 0 Å². The van der Waals surface area contributed by atoms with E-state index in [1.807, 2.05) is 13.0 Å². The first kappa shape index (κ1) is 28.6. The van der Waals surface area contributed by atoms with E-state index in [9.17, 15) is 14.7 Å². The maximum atomic E-state index is 13.0. The zero-order chi connectivity index (χ0) is 29.6. The molecular formula is C33H40N4O4. The zero-order valence-corrected chi connectivity index (χ0v) is 24.9. The van der Waals surface area contributed by atoms with Crippen LogP contribution in [0.5, 0.6) is 0 Å². The van der Waals surface area contributed by atoms with Gasteiger partial charge < -0.3 is 19.8 Å². The standard InChI is InChI=1S/C33H40N4O4/c1-8-20-16(3)23-12-24-18(5)22(10-11-31(38)39)29(36-24)15-30-32(33(40)41-7)19(6)26(37-30)14-28-21(9-2)17(4)25(35-28)13-27(20)34-23/h8,12,18,22,25,34,37H,1,9-11,13-15H2,2-7H3,(H,38,39)/t18-,22-,25?/m0/s1. The molecule has 0 aliphatic carbocycles. The number of aromatic amines is 2. The third-order valence-electron chi connectivity index (χ3n) is 9.26. The predicted molar refractivity (Wildman–Crippen MR) is 163 cm³/mol. The van der Waals surface area contributed by atoms with Crippen molar-refractivity contribution in [3.8, 4) is 0 Å². The number of carbonyl (C=O) groups excluding carboxylic acids is 1. The number of ether oxygens (including phenoxy) is 1. The fraction of sp³-hybridized carbons (Fsp3) is 0.455. The number of hydrogen-bond acceptors (Lipinski definition) is 5. The summed E-state index contributed by atoms with van der Waals surface area (Å²) in [5, 5.41) is 9.48. The van der Waals surface area contributed by atoms with E-state index in [4.69, 9.17) is 14.7 Å². The van der Waals surface area contributed by atoms with E-state index in [-0.39, 0.29) is 30.3 Å². The van der Waals surface area contributed by atoms with Gasteiger partial charge in [0.1, 0.15) is 0 Å². The number of esters is 1. The van der Waals surface area contributed by atoms with Crippen molar-refractivity contribution in [3.05, 3.63) is 68.5 Å². The van der Waals surface area contributed by atoms with Crippen molar-refractivity contribution in [1.29, 1.82) is 0 Å². The van der Waals surface area contributed by atoms with Crippen LogP contribution < -0.4 is 0 Å². The Kier molecular flexibility index (Phi) is 7.77. The molecule has 8 heteroatoms. The molecule has 2 aromatic rings. The quantitative estimate of drug-likeness (QED) is 0.367. The van der Waals surface area contributed by atoms with Crippen LogP contribution in [-0.4, -0.2) is 51.6 Å². The number of nitrogens with one attached hydrogen (secondary N) is 2. The van der Waals surface area contributed by atoms with Crippen molar-refractivity contribution in [2.24, 2.45) is 21.8 Å². The Morgan fingerprint density at radius 2 is 1.90 bits per heavy atom. The number of methoxy groups -OCH3 is 1. The van der Waals surface area contributed by atoms with Crippen LogP contribution in [-0.2, 0) is 28.8 Å². The number of carboxylic acids is 1. The SMILES string of the molecule is C=Cc1c2[nH]c(c1C)C=C1N=C(Cc3[nH]c(c(C)c3C(=O)OC)CC3=NC(C2)C(C)=C3CC)[C@@H](CCC(=O)O)[C@@H]1C. The van der Waals surface area contributed by atoms with Gasteiger partial charge in [-0.05, 0) is 67.5 Å². The molecule has 0 radical (unpaired) electrons. The summed E-state index contributed by atoms with van der Waals surface area (Å²) in [5.74, 6) is -1.25. The van der Waals surface area contributed by atoms with E-state index >= 15 is 0 Å². The lowest BCUT2D eigenvalue weighted by Crippen LogP contribution is -2.21. The summed E-state index contributed by atoms with van der Waals surface area (Å²) in [4.78, 5) is 42.1. The van der Waals surface area contributed by atoms with Gasteiger partial charge in [0.2, 0.25) is 0 Å². The average Bonchev–Trinajstić information content (AvgIpc) is 3.60. The van der Waals surface area contributed by atoms with Crippen LogP contribution in [0.1, 0.15) is 89.9 Å². The lowest BCUT2D eigenvalue weighted by Gasteiger charge is -2.17. The number of aliphatic carboxylic acids is 1. The molecule has 0 saturated heterocycles. The minimum absolute atomic E-state index is 0.0225. The first-order chi connectivity index (χ1) is 19.6. The van der Waals surface area contributed by atoms with E-state index in [1.165, 1.54) is 18.3 Å². The van der Waals surface area contributed by atoms with Crippen molar-refractivity contribution in [1.82, 2.24) is 9.97 Å². The molecule has 3 aliphatic heterocycles. The van der Waals surface area contributed by atoms with E-state index in [0.717, 1.165) is 69.4 Å². The van der Waals surface area contributed by atoms with Crippen LogP contribution in [0.3, 0.4) is 0 Å². The molecule has 3 aliphatic rings. The number of aliphatic imine (C=N–C) groups is 2. The van der Waals surface area contributed by atoms with E-state index in [1.54, 1.807) is 0 Å². The number of carbonyl (C=O) groups is 2. The summed E-state index contributed by atoms with van der Waals surface area (Å²) in [6, 6.07) is 0.0235. The Morgan fingerprint density at radius 1 is 1.15 bits per heavy atom. The molecule has 41 heavy (non-hydrogen) atoms. The van der Waals surface area contributed by atoms with Gasteiger partial charge in [-0.25, -0.2) is 4.79 Å². The van der Waals surface area contributed by atoms with E-state index in [0.29, 0.717) is 24.8 Å². The molecule has 3 N–H and O–H groups in total. The molecule has 0 amide bonds. The molecular weight excluding hydrogens is 516 g/mol. The second-order valence-electron chi connectivity index (χ2n) is 11.5. The third-order valence-corrected chi connectivity index (χ3v) is 9.26. The summed E-state index contributed by atoms with van der Waals surface area (Å²) in [5.41, 5.74) is 12.8. The van der Waals surface area contributed by atoms with Gasteiger partial charge in [0.15, 0.2) is 0 Å². The van der Waals surface area contributed by atoms with Gasteiger partial charge in [-0.3, -0.25) is 14.8 Å². The molecule has 8 bridgehead atoms. The van der Waals surface area contributed by atoms with Crippen LogP contribution in [0.2, 0.25) is 0 Å². The second kappa shape index (κ2) is 11.1. The number of carboxylic acid groups (broad SMARTS) is 1. The van der Waals surface area contributed by atoms with Crippen LogP contribution in [0, 0.1) is 25.7 Å². The number of hydrogen-bond donors (Lipinski definition) is 3. The average molecular weight is 557 g/mol. The van der Waals surface area contributed by atoms with Crippen LogP contribution in [0.25, 0.3) is 12.2 Å². The van der Waals surface area contributed by atoms with Gasteiger partial charge in [0.25, 0.3) is 0 Å². The topological polar surface area (TPSA) is 120 Å². The smallest absolute Gasteiger partial charge is 0.339 e. The molecule has 0 spiro atoms. The van der Waals surface area contributed by atoms with E-state index in [2.05, 4.69) is 50.3 Å². The van der Waals surface area contributed by atoms with Crippen molar-refractivity contribution < 1.29 is 19.4 Å². The molecule has 0 fully saturated rings. The highest BCUT2D eigenvalue weighted by atomic mass is 16.5. The number of H-pyrrole nitrogens is 2. The Labute approximate surface area is 241 Å². The minimum atomic E-state index is -0.827. The monoisotopic (exact) mass is 556 g/mol. The largest absolute Gasteiger partial charge is 0.481 e. The Hall–Kier alpha value is -3.94. The lowest BCUT2D eigenvalue weighted by atomic mass is 9.84. The summed E-state index contributed by atoms with van der Waals surface area (Å²) in [6.45, 7) is 14.6. The van der Waals surface area contributed by atoms with Gasteiger partial charge >= 0.3 is 11.9 Å².